The predicted octanol–water partition coefficient (Wildman–Crippen LogP) is 7.83. The molecule has 1 aromatic rings. The molecule has 0 heterocycles. The van der Waals surface area contributed by atoms with E-state index in [1.807, 2.05) is 13.8 Å². The molecule has 0 spiro atoms. The maximum atomic E-state index is 12.5. The zero-order valence-electron chi connectivity index (χ0n) is 19.6. The van der Waals surface area contributed by atoms with E-state index in [0.29, 0.717) is 12.2 Å². The molecule has 0 aliphatic rings. The van der Waals surface area contributed by atoms with E-state index in [9.17, 15) is 4.79 Å². The van der Waals surface area contributed by atoms with Gasteiger partial charge in [-0.3, -0.25) is 4.89 Å². The third-order valence-corrected chi connectivity index (χ3v) is 6.32. The molecule has 29 heavy (non-hydrogen) atoms. The van der Waals surface area contributed by atoms with Gasteiger partial charge in [-0.1, -0.05) is 77.6 Å². The highest BCUT2D eigenvalue weighted by Gasteiger charge is 2.20. The van der Waals surface area contributed by atoms with E-state index in [2.05, 4.69) is 27.7 Å². The SMILES string of the molecule is [CH2]CCCCCCCCCCCCCOOC(=O)c1c(C)c(C)c(C)c(C)c1C. The third-order valence-electron chi connectivity index (χ3n) is 6.32. The van der Waals surface area contributed by atoms with E-state index in [1.54, 1.807) is 0 Å². The summed E-state index contributed by atoms with van der Waals surface area (Å²) in [5.41, 5.74) is 6.17. The Labute approximate surface area is 179 Å². The van der Waals surface area contributed by atoms with Crippen LogP contribution in [-0.4, -0.2) is 12.6 Å². The molecule has 165 valence electrons. The van der Waals surface area contributed by atoms with E-state index in [1.165, 1.54) is 63.4 Å². The van der Waals surface area contributed by atoms with Crippen molar-refractivity contribution in [1.29, 1.82) is 0 Å². The van der Waals surface area contributed by atoms with E-state index >= 15 is 0 Å². The second-order valence-corrected chi connectivity index (χ2v) is 8.44. The first-order valence-corrected chi connectivity index (χ1v) is 11.6. The molecule has 3 nitrogen and oxygen atoms in total. The zero-order valence-corrected chi connectivity index (χ0v) is 19.6. The number of rotatable bonds is 15. The average molecular weight is 404 g/mol. The standard InChI is InChI=1S/C26H43O3/c1-7-8-9-10-11-12-13-14-15-16-17-18-19-28-29-26(27)25-23(5)21(3)20(2)22(4)24(25)6/h1,7-19H2,2-6H3. The molecule has 0 saturated heterocycles. The van der Waals surface area contributed by atoms with Crippen LogP contribution in [0.4, 0.5) is 0 Å². The van der Waals surface area contributed by atoms with Gasteiger partial charge in [0.15, 0.2) is 0 Å². The highest BCUT2D eigenvalue weighted by molar-refractivity contribution is 5.93. The third kappa shape index (κ3) is 8.90. The molecule has 0 fully saturated rings. The van der Waals surface area contributed by atoms with Crippen molar-refractivity contribution in [3.8, 4) is 0 Å². The number of hydrogen-bond donors (Lipinski definition) is 0. The summed E-state index contributed by atoms with van der Waals surface area (Å²) in [6, 6.07) is 0. The predicted molar refractivity (Wildman–Crippen MR) is 122 cm³/mol. The van der Waals surface area contributed by atoms with Gasteiger partial charge in [0.1, 0.15) is 0 Å². The Kier molecular flexibility index (Phi) is 12.9. The van der Waals surface area contributed by atoms with Gasteiger partial charge >= 0.3 is 5.97 Å². The number of hydrogen-bond acceptors (Lipinski definition) is 3. The number of carbonyl (C=O) groups is 1. The Bertz CT molecular complexity index is 590. The van der Waals surface area contributed by atoms with Crippen molar-refractivity contribution in [1.82, 2.24) is 0 Å². The number of carbonyl (C=O) groups excluding carboxylic acids is 1. The Morgan fingerprint density at radius 3 is 1.45 bits per heavy atom. The van der Waals surface area contributed by atoms with E-state index < -0.39 is 0 Å². The summed E-state index contributed by atoms with van der Waals surface area (Å²) in [6.07, 6.45) is 15.1. The van der Waals surface area contributed by atoms with E-state index in [4.69, 9.17) is 9.78 Å². The highest BCUT2D eigenvalue weighted by atomic mass is 17.2. The minimum absolute atomic E-state index is 0.374. The van der Waals surface area contributed by atoms with Gasteiger partial charge in [-0.25, -0.2) is 4.79 Å². The van der Waals surface area contributed by atoms with E-state index in [-0.39, 0.29) is 5.97 Å². The smallest absolute Gasteiger partial charge is 0.293 e. The largest absolute Gasteiger partial charge is 0.373 e. The average Bonchev–Trinajstić information content (AvgIpc) is 2.71. The molecule has 1 radical (unpaired) electrons. The van der Waals surface area contributed by atoms with Crippen molar-refractivity contribution in [2.45, 2.75) is 112 Å². The Morgan fingerprint density at radius 1 is 0.621 bits per heavy atom. The molecule has 0 unspecified atom stereocenters. The maximum Gasteiger partial charge on any atom is 0.373 e. The Balaban J connectivity index is 2.12. The van der Waals surface area contributed by atoms with Crippen LogP contribution >= 0.6 is 0 Å². The summed E-state index contributed by atoms with van der Waals surface area (Å²) < 4.78 is 0. The van der Waals surface area contributed by atoms with Gasteiger partial charge in [-0.2, -0.15) is 4.89 Å². The lowest BCUT2D eigenvalue weighted by atomic mass is 9.90. The summed E-state index contributed by atoms with van der Waals surface area (Å²) in [5.74, 6) is -0.374. The molecule has 0 aliphatic heterocycles. The minimum Gasteiger partial charge on any atom is -0.293 e. The number of unbranched alkanes of at least 4 members (excludes halogenated alkanes) is 11. The first kappa shape index (κ1) is 25.7. The topological polar surface area (TPSA) is 35.5 Å². The lowest BCUT2D eigenvalue weighted by Gasteiger charge is -2.17. The van der Waals surface area contributed by atoms with Crippen LogP contribution in [0, 0.1) is 41.5 Å². The van der Waals surface area contributed by atoms with Crippen molar-refractivity contribution >= 4 is 5.97 Å². The van der Waals surface area contributed by atoms with Crippen molar-refractivity contribution < 1.29 is 14.6 Å². The summed E-state index contributed by atoms with van der Waals surface area (Å²) in [7, 11) is 0. The first-order valence-electron chi connectivity index (χ1n) is 11.6. The molecular weight excluding hydrogens is 360 g/mol. The van der Waals surface area contributed by atoms with Crippen LogP contribution in [0.2, 0.25) is 0 Å². The number of benzene rings is 1. The highest BCUT2D eigenvalue weighted by Crippen LogP contribution is 2.26. The molecule has 0 amide bonds. The van der Waals surface area contributed by atoms with Gasteiger partial charge in [0.25, 0.3) is 0 Å². The molecule has 0 N–H and O–H groups in total. The summed E-state index contributed by atoms with van der Waals surface area (Å²) in [6.45, 7) is 14.5. The minimum atomic E-state index is -0.374. The molecule has 0 aliphatic carbocycles. The van der Waals surface area contributed by atoms with Crippen LogP contribution < -0.4 is 0 Å². The van der Waals surface area contributed by atoms with Crippen LogP contribution in [-0.2, 0) is 9.78 Å². The van der Waals surface area contributed by atoms with Gasteiger partial charge in [0, 0.05) is 0 Å². The van der Waals surface area contributed by atoms with Crippen LogP contribution in [0.1, 0.15) is 115 Å². The van der Waals surface area contributed by atoms with Crippen molar-refractivity contribution in [3.63, 3.8) is 0 Å². The maximum absolute atomic E-state index is 12.5. The lowest BCUT2D eigenvalue weighted by Crippen LogP contribution is -2.13. The monoisotopic (exact) mass is 403 g/mol. The van der Waals surface area contributed by atoms with Crippen LogP contribution in [0.15, 0.2) is 0 Å². The van der Waals surface area contributed by atoms with Gasteiger partial charge in [0.2, 0.25) is 0 Å². The van der Waals surface area contributed by atoms with Crippen molar-refractivity contribution in [2.24, 2.45) is 0 Å². The molecule has 3 heteroatoms. The molecule has 0 saturated carbocycles. The van der Waals surface area contributed by atoms with E-state index in [0.717, 1.165) is 41.5 Å². The molecule has 1 rings (SSSR count). The quantitative estimate of drug-likeness (QED) is 0.170. The molecular formula is C26H43O3. The fourth-order valence-electron chi connectivity index (χ4n) is 3.87. The fraction of sp³-hybridized carbons (Fsp3) is 0.692. The van der Waals surface area contributed by atoms with Crippen molar-refractivity contribution in [3.05, 3.63) is 40.3 Å². The Hall–Kier alpha value is -1.35. The van der Waals surface area contributed by atoms with Gasteiger partial charge in [-0.05, 0) is 68.9 Å². The van der Waals surface area contributed by atoms with Crippen LogP contribution in [0.5, 0.6) is 0 Å². The molecule has 1 aromatic carbocycles. The lowest BCUT2D eigenvalue weighted by molar-refractivity contribution is -0.241. The Morgan fingerprint density at radius 2 is 1.00 bits per heavy atom. The van der Waals surface area contributed by atoms with Gasteiger partial charge in [-0.15, -0.1) is 0 Å². The summed E-state index contributed by atoms with van der Waals surface area (Å²) in [4.78, 5) is 22.8. The first-order chi connectivity index (χ1) is 13.9. The van der Waals surface area contributed by atoms with Crippen molar-refractivity contribution in [2.75, 3.05) is 6.61 Å². The van der Waals surface area contributed by atoms with Gasteiger partial charge < -0.3 is 0 Å². The summed E-state index contributed by atoms with van der Waals surface area (Å²) >= 11 is 0. The van der Waals surface area contributed by atoms with Gasteiger partial charge in [0.05, 0.1) is 12.2 Å². The summed E-state index contributed by atoms with van der Waals surface area (Å²) in [5, 5.41) is 0. The fourth-order valence-corrected chi connectivity index (χ4v) is 3.87. The second-order valence-electron chi connectivity index (χ2n) is 8.44. The van der Waals surface area contributed by atoms with Crippen LogP contribution in [0.25, 0.3) is 0 Å². The molecule has 0 aromatic heterocycles. The van der Waals surface area contributed by atoms with Crippen LogP contribution in [0.3, 0.4) is 0 Å². The second kappa shape index (κ2) is 14.6. The normalized spacial score (nSPS) is 11.1. The molecule has 0 atom stereocenters. The molecule has 0 bridgehead atoms. The zero-order chi connectivity index (χ0) is 21.6.